The third-order valence-electron chi connectivity index (χ3n) is 5.62. The van der Waals surface area contributed by atoms with Gasteiger partial charge < -0.3 is 14.6 Å². The molecule has 2 heterocycles. The topological polar surface area (TPSA) is 45.5 Å². The van der Waals surface area contributed by atoms with Crippen molar-refractivity contribution in [1.82, 2.24) is 9.47 Å². The molecule has 0 spiro atoms. The van der Waals surface area contributed by atoms with Gasteiger partial charge in [0.15, 0.2) is 5.78 Å². The number of rotatable bonds is 7. The summed E-state index contributed by atoms with van der Waals surface area (Å²) in [6.07, 6.45) is 8.89. The third-order valence-corrected chi connectivity index (χ3v) is 5.62. The molecule has 1 aliphatic heterocycles. The molecule has 0 saturated carbocycles. The average Bonchev–Trinajstić information content (AvgIpc) is 3.11. The van der Waals surface area contributed by atoms with Crippen LogP contribution in [-0.4, -0.2) is 46.1 Å². The number of nitrogens with zero attached hydrogens (tertiary/aromatic N) is 2. The van der Waals surface area contributed by atoms with Gasteiger partial charge in [-0.25, -0.2) is 0 Å². The molecule has 1 saturated heterocycles. The van der Waals surface area contributed by atoms with Gasteiger partial charge in [-0.15, -0.1) is 0 Å². The van der Waals surface area contributed by atoms with Crippen LogP contribution in [0.4, 0.5) is 0 Å². The summed E-state index contributed by atoms with van der Waals surface area (Å²) in [6.45, 7) is 3.43. The number of aliphatic hydroxyl groups excluding tert-OH is 1. The molecule has 1 aromatic heterocycles. The van der Waals surface area contributed by atoms with Crippen LogP contribution in [0.2, 0.25) is 0 Å². The summed E-state index contributed by atoms with van der Waals surface area (Å²) < 4.78 is 2.11. The highest BCUT2D eigenvalue weighted by Gasteiger charge is 2.16. The van der Waals surface area contributed by atoms with Crippen LogP contribution >= 0.6 is 0 Å². The maximum absolute atomic E-state index is 12.4. The number of benzene rings is 2. The van der Waals surface area contributed by atoms with Crippen molar-refractivity contribution < 1.29 is 9.90 Å². The van der Waals surface area contributed by atoms with Crippen LogP contribution in [0.15, 0.2) is 66.9 Å². The summed E-state index contributed by atoms with van der Waals surface area (Å²) in [4.78, 5) is 14.8. The van der Waals surface area contributed by atoms with Gasteiger partial charge in [0.2, 0.25) is 0 Å². The maximum atomic E-state index is 12.4. The van der Waals surface area contributed by atoms with Crippen LogP contribution in [0.25, 0.3) is 17.0 Å². The summed E-state index contributed by atoms with van der Waals surface area (Å²) in [5, 5.41) is 11.7. The second-order valence-corrected chi connectivity index (χ2v) is 7.83. The minimum atomic E-state index is -0.410. The smallest absolute Gasteiger partial charge is 0.185 e. The summed E-state index contributed by atoms with van der Waals surface area (Å²) in [7, 11) is 0. The first kappa shape index (κ1) is 19.6. The zero-order valence-corrected chi connectivity index (χ0v) is 16.7. The number of likely N-dealkylation sites (tertiary alicyclic amines) is 1. The number of para-hydroxylation sites is 1. The molecule has 0 unspecified atom stereocenters. The Balaban J connectivity index is 1.52. The molecule has 29 heavy (non-hydrogen) atoms. The Labute approximate surface area is 172 Å². The van der Waals surface area contributed by atoms with Gasteiger partial charge in [0.25, 0.3) is 0 Å². The lowest BCUT2D eigenvalue weighted by atomic mass is 10.1. The molecular weight excluding hydrogens is 360 g/mol. The highest BCUT2D eigenvalue weighted by molar-refractivity contribution is 6.07. The van der Waals surface area contributed by atoms with E-state index in [-0.39, 0.29) is 5.78 Å². The van der Waals surface area contributed by atoms with Gasteiger partial charge in [0.1, 0.15) is 0 Å². The monoisotopic (exact) mass is 388 g/mol. The van der Waals surface area contributed by atoms with E-state index in [1.165, 1.54) is 19.3 Å². The van der Waals surface area contributed by atoms with E-state index in [0.717, 1.165) is 29.6 Å². The average molecular weight is 389 g/mol. The summed E-state index contributed by atoms with van der Waals surface area (Å²) in [6, 6.07) is 17.5. The van der Waals surface area contributed by atoms with Crippen molar-refractivity contribution in [2.75, 3.05) is 19.6 Å². The molecule has 1 atom stereocenters. The molecule has 4 rings (SSSR count). The van der Waals surface area contributed by atoms with E-state index in [9.17, 15) is 9.90 Å². The molecule has 0 radical (unpaired) electrons. The maximum Gasteiger partial charge on any atom is 0.185 e. The molecule has 150 valence electrons. The predicted octanol–water partition coefficient (Wildman–Crippen LogP) is 4.38. The number of carbonyl (C=O) groups excluding carboxylic acids is 1. The van der Waals surface area contributed by atoms with Crippen molar-refractivity contribution >= 4 is 22.8 Å². The molecule has 3 aromatic rings. The molecular formula is C25H28N2O2. The van der Waals surface area contributed by atoms with Crippen molar-refractivity contribution in [2.45, 2.75) is 31.9 Å². The largest absolute Gasteiger partial charge is 0.390 e. The van der Waals surface area contributed by atoms with Crippen LogP contribution in [-0.2, 0) is 6.54 Å². The van der Waals surface area contributed by atoms with E-state index in [4.69, 9.17) is 0 Å². The first-order valence-electron chi connectivity index (χ1n) is 10.5. The van der Waals surface area contributed by atoms with Crippen molar-refractivity contribution in [3.8, 4) is 0 Å². The van der Waals surface area contributed by atoms with Crippen LogP contribution in [0.5, 0.6) is 0 Å². The Morgan fingerprint density at radius 2 is 1.69 bits per heavy atom. The van der Waals surface area contributed by atoms with Gasteiger partial charge in [-0.1, -0.05) is 55.0 Å². The van der Waals surface area contributed by atoms with E-state index in [0.29, 0.717) is 18.7 Å². The minimum absolute atomic E-state index is 0.00688. The molecule has 0 aliphatic carbocycles. The quantitative estimate of drug-likeness (QED) is 0.482. The van der Waals surface area contributed by atoms with Crippen LogP contribution in [0, 0.1) is 0 Å². The van der Waals surface area contributed by atoms with Gasteiger partial charge in [-0.2, -0.15) is 0 Å². The molecule has 1 aliphatic rings. The van der Waals surface area contributed by atoms with E-state index >= 15 is 0 Å². The Morgan fingerprint density at radius 3 is 2.48 bits per heavy atom. The normalized spacial score (nSPS) is 16.4. The number of piperidine rings is 1. The number of allylic oxidation sites excluding steroid dienone is 1. The molecule has 1 N–H and O–H groups in total. The molecule has 1 fully saturated rings. The second-order valence-electron chi connectivity index (χ2n) is 7.83. The fourth-order valence-electron chi connectivity index (χ4n) is 4.15. The van der Waals surface area contributed by atoms with Crippen molar-refractivity contribution in [3.63, 3.8) is 0 Å². The standard InChI is InChI=1S/C25H28N2O2/c28-22(18-26-15-7-2-8-16-26)19-27-17-21(23-11-5-6-12-24(23)27)13-14-25(29)20-9-3-1-4-10-20/h1,3-6,9-14,17,22,28H,2,7-8,15-16,18-19H2/b14-13-/t22-/m1/s1. The van der Waals surface area contributed by atoms with E-state index in [2.05, 4.69) is 21.6 Å². The Hall–Kier alpha value is -2.69. The first-order chi connectivity index (χ1) is 14.2. The van der Waals surface area contributed by atoms with E-state index in [1.807, 2.05) is 54.7 Å². The van der Waals surface area contributed by atoms with Gasteiger partial charge in [0, 0.05) is 41.3 Å². The van der Waals surface area contributed by atoms with Gasteiger partial charge in [-0.05, 0) is 44.1 Å². The predicted molar refractivity (Wildman–Crippen MR) is 118 cm³/mol. The Bertz CT molecular complexity index is 984. The molecule has 2 aromatic carbocycles. The number of hydrogen-bond donors (Lipinski definition) is 1. The van der Waals surface area contributed by atoms with Crippen LogP contribution < -0.4 is 0 Å². The lowest BCUT2D eigenvalue weighted by Gasteiger charge is -2.28. The van der Waals surface area contributed by atoms with Crippen molar-refractivity contribution in [3.05, 3.63) is 78.0 Å². The van der Waals surface area contributed by atoms with Crippen molar-refractivity contribution in [2.24, 2.45) is 0 Å². The number of fused-ring (bicyclic) bond motifs is 1. The highest BCUT2D eigenvalue weighted by atomic mass is 16.3. The molecule has 0 amide bonds. The number of aromatic nitrogens is 1. The third kappa shape index (κ3) is 4.84. The second kappa shape index (κ2) is 9.21. The molecule has 0 bridgehead atoms. The number of aliphatic hydroxyl groups is 1. The summed E-state index contributed by atoms with van der Waals surface area (Å²) >= 11 is 0. The number of carbonyl (C=O) groups is 1. The fourth-order valence-corrected chi connectivity index (χ4v) is 4.15. The Morgan fingerprint density at radius 1 is 0.966 bits per heavy atom. The minimum Gasteiger partial charge on any atom is -0.390 e. The van der Waals surface area contributed by atoms with Gasteiger partial charge in [-0.3, -0.25) is 4.79 Å². The van der Waals surface area contributed by atoms with Crippen LogP contribution in [0.1, 0.15) is 35.2 Å². The zero-order valence-electron chi connectivity index (χ0n) is 16.7. The summed E-state index contributed by atoms with van der Waals surface area (Å²) in [5.41, 5.74) is 2.76. The van der Waals surface area contributed by atoms with Crippen molar-refractivity contribution in [1.29, 1.82) is 0 Å². The van der Waals surface area contributed by atoms with Crippen LogP contribution in [0.3, 0.4) is 0 Å². The van der Waals surface area contributed by atoms with E-state index in [1.54, 1.807) is 6.08 Å². The fraction of sp³-hybridized carbons (Fsp3) is 0.320. The SMILES string of the molecule is O=C(/C=C\c1cn(C[C@H](O)CN2CCCCC2)c2ccccc12)c1ccccc1. The highest BCUT2D eigenvalue weighted by Crippen LogP contribution is 2.23. The van der Waals surface area contributed by atoms with Gasteiger partial charge >= 0.3 is 0 Å². The van der Waals surface area contributed by atoms with E-state index < -0.39 is 6.10 Å². The van der Waals surface area contributed by atoms with Gasteiger partial charge in [0.05, 0.1) is 6.10 Å². The first-order valence-corrected chi connectivity index (χ1v) is 10.5. The number of ketones is 1. The lowest BCUT2D eigenvalue weighted by molar-refractivity contribution is 0.0892. The summed E-state index contributed by atoms with van der Waals surface area (Å²) in [5.74, 6) is -0.00688. The Kier molecular flexibility index (Phi) is 6.23. The zero-order chi connectivity index (χ0) is 20.1. The molecule has 4 heteroatoms. The number of hydrogen-bond acceptors (Lipinski definition) is 3. The lowest BCUT2D eigenvalue weighted by Crippen LogP contribution is -2.37. The molecule has 4 nitrogen and oxygen atoms in total. The number of β-amino-alcohol motifs (C(OH)–C–C–N with tert-alkyl or cyclic N) is 1.